The molecule has 2 N–H and O–H groups in total. The molecule has 1 amide bonds. The van der Waals surface area contributed by atoms with Gasteiger partial charge in [0.25, 0.3) is 0 Å². The quantitative estimate of drug-likeness (QED) is 0.607. The average molecular weight is 242 g/mol. The molecule has 0 aromatic carbocycles. The predicted octanol–water partition coefficient (Wildman–Crippen LogP) is -1.72. The number of nitrogens with zero attached hydrogens (tertiary/aromatic N) is 4. The van der Waals surface area contributed by atoms with Crippen LogP contribution in [0.4, 0.5) is 0 Å². The summed E-state index contributed by atoms with van der Waals surface area (Å²) in [4.78, 5) is 36.9. The van der Waals surface area contributed by atoms with Gasteiger partial charge >= 0.3 is 11.9 Å². The molecule has 1 aromatic rings. The van der Waals surface area contributed by atoms with E-state index in [1.54, 1.807) is 0 Å². The maximum absolute atomic E-state index is 11.6. The minimum absolute atomic E-state index is 0.249. The van der Waals surface area contributed by atoms with Gasteiger partial charge in [-0.2, -0.15) is 5.10 Å². The van der Waals surface area contributed by atoms with Crippen LogP contribution in [0, 0.1) is 0 Å². The fraction of sp³-hybridized carbons (Fsp3) is 0.375. The molecule has 0 radical (unpaired) electrons. The van der Waals surface area contributed by atoms with Crippen molar-refractivity contribution in [2.75, 3.05) is 13.1 Å². The minimum atomic E-state index is -1.28. The van der Waals surface area contributed by atoms with E-state index in [-0.39, 0.29) is 6.54 Å². The van der Waals surface area contributed by atoms with Gasteiger partial charge in [0.2, 0.25) is 5.91 Å². The number of carboxylic acid groups (broad SMARTS) is 2. The highest BCUT2D eigenvalue weighted by Crippen LogP contribution is 1.93. The van der Waals surface area contributed by atoms with E-state index in [0.29, 0.717) is 4.90 Å². The van der Waals surface area contributed by atoms with Gasteiger partial charge in [0.1, 0.15) is 32.3 Å². The smallest absolute Gasteiger partial charge is 0.323 e. The Morgan fingerprint density at radius 2 is 1.76 bits per heavy atom. The summed E-state index contributed by atoms with van der Waals surface area (Å²) < 4.78 is 1.18. The Balaban J connectivity index is 2.65. The van der Waals surface area contributed by atoms with Gasteiger partial charge in [0, 0.05) is 0 Å². The summed E-state index contributed by atoms with van der Waals surface area (Å²) in [5, 5.41) is 20.8. The summed E-state index contributed by atoms with van der Waals surface area (Å²) in [7, 11) is 0. The van der Waals surface area contributed by atoms with Crippen LogP contribution in [0.5, 0.6) is 0 Å². The van der Waals surface area contributed by atoms with Crippen LogP contribution in [0.1, 0.15) is 0 Å². The molecule has 0 saturated carbocycles. The monoisotopic (exact) mass is 242 g/mol. The predicted molar refractivity (Wildman–Crippen MR) is 51.9 cm³/mol. The lowest BCUT2D eigenvalue weighted by molar-refractivity contribution is -0.149. The molecule has 1 aromatic heterocycles. The Kier molecular flexibility index (Phi) is 4.14. The van der Waals surface area contributed by atoms with Crippen LogP contribution in [0.2, 0.25) is 0 Å². The zero-order valence-corrected chi connectivity index (χ0v) is 8.68. The Bertz CT molecular complexity index is 400. The maximum Gasteiger partial charge on any atom is 0.323 e. The second kappa shape index (κ2) is 5.58. The lowest BCUT2D eigenvalue weighted by atomic mass is 10.4. The summed E-state index contributed by atoms with van der Waals surface area (Å²) in [6.07, 6.45) is 2.49. The van der Waals surface area contributed by atoms with Gasteiger partial charge < -0.3 is 15.1 Å². The zero-order valence-electron chi connectivity index (χ0n) is 8.68. The van der Waals surface area contributed by atoms with Crippen LogP contribution < -0.4 is 0 Å². The SMILES string of the molecule is O=C(O)CN(CC(=O)O)C(=O)Cn1cncn1. The van der Waals surface area contributed by atoms with Gasteiger partial charge in [0.15, 0.2) is 0 Å². The van der Waals surface area contributed by atoms with Crippen LogP contribution >= 0.6 is 0 Å². The molecule has 0 unspecified atom stereocenters. The molecule has 0 fully saturated rings. The first kappa shape index (κ1) is 12.6. The Labute approximate surface area is 95.3 Å². The highest BCUT2D eigenvalue weighted by Gasteiger charge is 2.19. The van der Waals surface area contributed by atoms with E-state index in [1.165, 1.54) is 17.3 Å². The van der Waals surface area contributed by atoms with Crippen LogP contribution in [0.15, 0.2) is 12.7 Å². The Morgan fingerprint density at radius 1 is 1.18 bits per heavy atom. The third kappa shape index (κ3) is 4.28. The number of aromatic nitrogens is 3. The van der Waals surface area contributed by atoms with Crippen LogP contribution in [-0.2, 0) is 20.9 Å². The van der Waals surface area contributed by atoms with Gasteiger partial charge in [0.05, 0.1) is 0 Å². The number of hydrogen-bond donors (Lipinski definition) is 2. The fourth-order valence-corrected chi connectivity index (χ4v) is 1.11. The number of carboxylic acids is 2. The van der Waals surface area contributed by atoms with Crippen molar-refractivity contribution in [3.05, 3.63) is 12.7 Å². The summed E-state index contributed by atoms with van der Waals surface area (Å²) in [5.41, 5.74) is 0. The largest absolute Gasteiger partial charge is 0.480 e. The molecule has 0 atom stereocenters. The van der Waals surface area contributed by atoms with Gasteiger partial charge in [-0.25, -0.2) is 9.67 Å². The van der Waals surface area contributed by atoms with Crippen molar-refractivity contribution in [2.45, 2.75) is 6.54 Å². The molecule has 17 heavy (non-hydrogen) atoms. The van der Waals surface area contributed by atoms with E-state index in [9.17, 15) is 14.4 Å². The van der Waals surface area contributed by atoms with E-state index in [2.05, 4.69) is 10.1 Å². The molecule has 0 spiro atoms. The van der Waals surface area contributed by atoms with Crippen molar-refractivity contribution < 1.29 is 24.6 Å². The number of carbonyl (C=O) groups excluding carboxylic acids is 1. The topological polar surface area (TPSA) is 126 Å². The molecule has 0 aliphatic carbocycles. The van der Waals surface area contributed by atoms with Crippen LogP contribution in [0.3, 0.4) is 0 Å². The van der Waals surface area contributed by atoms with E-state index in [4.69, 9.17) is 10.2 Å². The second-order valence-corrected chi connectivity index (χ2v) is 3.13. The average Bonchev–Trinajstić information content (AvgIpc) is 2.67. The van der Waals surface area contributed by atoms with Crippen molar-refractivity contribution in [3.63, 3.8) is 0 Å². The zero-order chi connectivity index (χ0) is 12.8. The van der Waals surface area contributed by atoms with E-state index in [0.717, 1.165) is 0 Å². The summed E-state index contributed by atoms with van der Waals surface area (Å²) in [6, 6.07) is 0. The van der Waals surface area contributed by atoms with Crippen LogP contribution in [-0.4, -0.2) is 60.8 Å². The van der Waals surface area contributed by atoms with Crippen molar-refractivity contribution >= 4 is 17.8 Å². The summed E-state index contributed by atoms with van der Waals surface area (Å²) in [6.45, 7) is -1.58. The summed E-state index contributed by atoms with van der Waals surface area (Å²) in [5.74, 6) is -3.21. The molecular weight excluding hydrogens is 232 g/mol. The molecule has 9 heteroatoms. The lowest BCUT2D eigenvalue weighted by Crippen LogP contribution is -2.41. The molecule has 0 aliphatic heterocycles. The molecule has 92 valence electrons. The first-order valence-electron chi connectivity index (χ1n) is 4.53. The summed E-state index contributed by atoms with van der Waals surface area (Å²) >= 11 is 0. The molecule has 0 saturated heterocycles. The van der Waals surface area contributed by atoms with Crippen LogP contribution in [0.25, 0.3) is 0 Å². The van der Waals surface area contributed by atoms with Gasteiger partial charge in [-0.15, -0.1) is 0 Å². The molecule has 0 bridgehead atoms. The second-order valence-electron chi connectivity index (χ2n) is 3.13. The fourth-order valence-electron chi connectivity index (χ4n) is 1.11. The maximum atomic E-state index is 11.6. The third-order valence-electron chi connectivity index (χ3n) is 1.77. The number of hydrogen-bond acceptors (Lipinski definition) is 5. The number of amides is 1. The van der Waals surface area contributed by atoms with E-state index in [1.807, 2.05) is 0 Å². The minimum Gasteiger partial charge on any atom is -0.480 e. The number of aliphatic carboxylic acids is 2. The molecule has 1 heterocycles. The van der Waals surface area contributed by atoms with Gasteiger partial charge in [-0.3, -0.25) is 14.4 Å². The van der Waals surface area contributed by atoms with E-state index < -0.39 is 30.9 Å². The first-order valence-corrected chi connectivity index (χ1v) is 4.53. The standard InChI is InChI=1S/C8H10N4O5/c13-6(1-12-5-9-4-10-12)11(2-7(14)15)3-8(16)17/h4-5H,1-3H2,(H,14,15)(H,16,17). The molecular formula is C8H10N4O5. The van der Waals surface area contributed by atoms with Crippen molar-refractivity contribution in [1.29, 1.82) is 0 Å². The third-order valence-corrected chi connectivity index (χ3v) is 1.77. The van der Waals surface area contributed by atoms with Gasteiger partial charge in [-0.1, -0.05) is 0 Å². The molecule has 9 nitrogen and oxygen atoms in total. The number of carbonyl (C=O) groups is 3. The van der Waals surface area contributed by atoms with Gasteiger partial charge in [-0.05, 0) is 0 Å². The van der Waals surface area contributed by atoms with Crippen molar-refractivity contribution in [3.8, 4) is 0 Å². The highest BCUT2D eigenvalue weighted by atomic mass is 16.4. The Hall–Kier alpha value is -2.45. The normalized spacial score (nSPS) is 9.88. The highest BCUT2D eigenvalue weighted by molar-refractivity contribution is 5.84. The molecule has 1 rings (SSSR count). The first-order chi connectivity index (χ1) is 7.99. The molecule has 0 aliphatic rings. The Morgan fingerprint density at radius 3 is 2.18 bits per heavy atom. The number of rotatable bonds is 6. The lowest BCUT2D eigenvalue weighted by Gasteiger charge is -2.17. The van der Waals surface area contributed by atoms with Crippen molar-refractivity contribution in [1.82, 2.24) is 19.7 Å². The van der Waals surface area contributed by atoms with E-state index >= 15 is 0 Å². The van der Waals surface area contributed by atoms with Crippen molar-refractivity contribution in [2.24, 2.45) is 0 Å².